The fraction of sp³-hybridized carbons (Fsp3) is 0.294. The second-order valence-electron chi connectivity index (χ2n) is 5.22. The smallest absolute Gasteiger partial charge is 0.0438 e. The number of hydrogen-bond acceptors (Lipinski definition) is 1. The van der Waals surface area contributed by atoms with E-state index in [9.17, 15) is 0 Å². The van der Waals surface area contributed by atoms with E-state index < -0.39 is 0 Å². The molecule has 0 saturated carbocycles. The zero-order chi connectivity index (χ0) is 13.8. The van der Waals surface area contributed by atoms with Gasteiger partial charge in [0.15, 0.2) is 0 Å². The van der Waals surface area contributed by atoms with E-state index in [0.29, 0.717) is 5.92 Å². The Bertz CT molecular complexity index is 531. The van der Waals surface area contributed by atoms with Gasteiger partial charge in [-0.2, -0.15) is 0 Å². The minimum atomic E-state index is -0.0129. The molecule has 0 aliphatic heterocycles. The van der Waals surface area contributed by atoms with E-state index >= 15 is 0 Å². The van der Waals surface area contributed by atoms with Gasteiger partial charge in [0.1, 0.15) is 0 Å². The first-order chi connectivity index (χ1) is 9.08. The lowest BCUT2D eigenvalue weighted by atomic mass is 9.96. The minimum absolute atomic E-state index is 0.0129. The highest BCUT2D eigenvalue weighted by Gasteiger charge is 2.09. The average molecular weight is 274 g/mol. The van der Waals surface area contributed by atoms with Crippen molar-refractivity contribution in [3.05, 3.63) is 70.2 Å². The zero-order valence-electron chi connectivity index (χ0n) is 11.4. The summed E-state index contributed by atoms with van der Waals surface area (Å²) in [5.74, 6) is 0.550. The monoisotopic (exact) mass is 273 g/mol. The molecule has 0 heterocycles. The van der Waals surface area contributed by atoms with Crippen molar-refractivity contribution in [1.82, 2.24) is 0 Å². The van der Waals surface area contributed by atoms with Crippen molar-refractivity contribution in [1.29, 1.82) is 0 Å². The van der Waals surface area contributed by atoms with Gasteiger partial charge in [0.05, 0.1) is 0 Å². The van der Waals surface area contributed by atoms with E-state index in [0.717, 1.165) is 22.6 Å². The molecule has 2 N–H and O–H groups in total. The van der Waals surface area contributed by atoms with Crippen LogP contribution in [0, 0.1) is 0 Å². The van der Waals surface area contributed by atoms with E-state index in [4.69, 9.17) is 17.3 Å². The Morgan fingerprint density at radius 2 is 1.53 bits per heavy atom. The lowest BCUT2D eigenvalue weighted by molar-refractivity contribution is 0.720. The second-order valence-corrected chi connectivity index (χ2v) is 5.63. The van der Waals surface area contributed by atoms with Gasteiger partial charge < -0.3 is 5.73 Å². The van der Waals surface area contributed by atoms with E-state index in [1.54, 1.807) is 0 Å². The van der Waals surface area contributed by atoms with Crippen molar-refractivity contribution in [3.63, 3.8) is 0 Å². The summed E-state index contributed by atoms with van der Waals surface area (Å²) in [6, 6.07) is 16.4. The molecule has 0 saturated heterocycles. The van der Waals surface area contributed by atoms with Crippen LogP contribution in [0.1, 0.15) is 42.5 Å². The Kier molecular flexibility index (Phi) is 4.62. The summed E-state index contributed by atoms with van der Waals surface area (Å²) in [5.41, 5.74) is 9.86. The van der Waals surface area contributed by atoms with Crippen LogP contribution in [0.15, 0.2) is 48.5 Å². The third-order valence-corrected chi connectivity index (χ3v) is 3.80. The van der Waals surface area contributed by atoms with Crippen LogP contribution in [0.3, 0.4) is 0 Å². The molecule has 19 heavy (non-hydrogen) atoms. The van der Waals surface area contributed by atoms with Crippen LogP contribution in [0.2, 0.25) is 5.02 Å². The van der Waals surface area contributed by atoms with Crippen LogP contribution in [-0.2, 0) is 6.42 Å². The Labute approximate surface area is 120 Å². The van der Waals surface area contributed by atoms with E-state index in [-0.39, 0.29) is 6.04 Å². The third kappa shape index (κ3) is 3.59. The minimum Gasteiger partial charge on any atom is -0.324 e. The summed E-state index contributed by atoms with van der Waals surface area (Å²) in [5, 5.41) is 0.789. The van der Waals surface area contributed by atoms with Crippen molar-refractivity contribution in [2.75, 3.05) is 0 Å². The maximum absolute atomic E-state index is 6.26. The SMILES string of the molecule is CC(C)c1ccc(C(N)Cc2ccccc2Cl)cc1. The molecule has 100 valence electrons. The second kappa shape index (κ2) is 6.23. The van der Waals surface area contributed by atoms with Gasteiger partial charge >= 0.3 is 0 Å². The van der Waals surface area contributed by atoms with Crippen molar-refractivity contribution >= 4 is 11.6 Å². The fourth-order valence-electron chi connectivity index (χ4n) is 2.15. The fourth-order valence-corrected chi connectivity index (χ4v) is 2.36. The van der Waals surface area contributed by atoms with Crippen molar-refractivity contribution in [3.8, 4) is 0 Å². The van der Waals surface area contributed by atoms with Crippen LogP contribution in [-0.4, -0.2) is 0 Å². The molecule has 0 bridgehead atoms. The van der Waals surface area contributed by atoms with Crippen molar-refractivity contribution in [2.24, 2.45) is 5.73 Å². The van der Waals surface area contributed by atoms with E-state index in [1.807, 2.05) is 24.3 Å². The number of halogens is 1. The highest BCUT2D eigenvalue weighted by molar-refractivity contribution is 6.31. The molecule has 1 nitrogen and oxygen atoms in total. The molecule has 2 rings (SSSR count). The maximum atomic E-state index is 6.26. The van der Waals surface area contributed by atoms with Crippen LogP contribution >= 0.6 is 11.6 Å². The van der Waals surface area contributed by atoms with Crippen LogP contribution < -0.4 is 5.73 Å². The molecule has 2 heteroatoms. The van der Waals surface area contributed by atoms with E-state index in [1.165, 1.54) is 5.56 Å². The summed E-state index contributed by atoms with van der Waals surface area (Å²) in [7, 11) is 0. The van der Waals surface area contributed by atoms with Crippen LogP contribution in [0.25, 0.3) is 0 Å². The molecule has 2 aromatic rings. The quantitative estimate of drug-likeness (QED) is 0.858. The van der Waals surface area contributed by atoms with Gasteiger partial charge in [0.2, 0.25) is 0 Å². The number of nitrogens with two attached hydrogens (primary N) is 1. The standard InChI is InChI=1S/C17H20ClN/c1-12(2)13-7-9-14(10-8-13)17(19)11-15-5-3-4-6-16(15)18/h3-10,12,17H,11,19H2,1-2H3. The van der Waals surface area contributed by atoms with Crippen molar-refractivity contribution < 1.29 is 0 Å². The Balaban J connectivity index is 2.12. The number of hydrogen-bond donors (Lipinski definition) is 1. The first kappa shape index (κ1) is 14.1. The van der Waals surface area contributed by atoms with Gasteiger partial charge in [-0.15, -0.1) is 0 Å². The highest BCUT2D eigenvalue weighted by atomic mass is 35.5. The molecule has 0 radical (unpaired) electrons. The summed E-state index contributed by atoms with van der Waals surface area (Å²) in [6.45, 7) is 4.39. The first-order valence-electron chi connectivity index (χ1n) is 6.66. The Hall–Kier alpha value is -1.31. The Morgan fingerprint density at radius 1 is 0.947 bits per heavy atom. The summed E-state index contributed by atoms with van der Waals surface area (Å²) in [4.78, 5) is 0. The first-order valence-corrected chi connectivity index (χ1v) is 7.04. The molecule has 0 aliphatic carbocycles. The topological polar surface area (TPSA) is 26.0 Å². The molecule has 0 spiro atoms. The molecule has 0 aliphatic rings. The van der Waals surface area contributed by atoms with Gasteiger partial charge in [-0.25, -0.2) is 0 Å². The van der Waals surface area contributed by atoms with Gasteiger partial charge in [0.25, 0.3) is 0 Å². The van der Waals surface area contributed by atoms with Crippen molar-refractivity contribution in [2.45, 2.75) is 32.2 Å². The molecule has 0 fully saturated rings. The molecule has 0 amide bonds. The molecular formula is C17H20ClN. The lowest BCUT2D eigenvalue weighted by Crippen LogP contribution is -2.13. The highest BCUT2D eigenvalue weighted by Crippen LogP contribution is 2.23. The Morgan fingerprint density at radius 3 is 2.11 bits per heavy atom. The summed E-state index contributed by atoms with van der Waals surface area (Å²) < 4.78 is 0. The van der Waals surface area contributed by atoms with Gasteiger partial charge in [0, 0.05) is 11.1 Å². The van der Waals surface area contributed by atoms with Crippen LogP contribution in [0.4, 0.5) is 0 Å². The van der Waals surface area contributed by atoms with Gasteiger partial charge in [-0.1, -0.05) is 67.9 Å². The normalized spacial score (nSPS) is 12.7. The number of benzene rings is 2. The predicted molar refractivity (Wildman–Crippen MR) is 82.6 cm³/mol. The lowest BCUT2D eigenvalue weighted by Gasteiger charge is -2.14. The zero-order valence-corrected chi connectivity index (χ0v) is 12.2. The largest absolute Gasteiger partial charge is 0.324 e. The average Bonchev–Trinajstić information content (AvgIpc) is 2.41. The van der Waals surface area contributed by atoms with Gasteiger partial charge in [-0.05, 0) is 35.1 Å². The number of rotatable bonds is 4. The molecular weight excluding hydrogens is 254 g/mol. The summed E-state index contributed by atoms with van der Waals surface area (Å²) in [6.07, 6.45) is 0.765. The summed E-state index contributed by atoms with van der Waals surface area (Å²) >= 11 is 6.17. The third-order valence-electron chi connectivity index (χ3n) is 3.43. The molecule has 2 aromatic carbocycles. The molecule has 1 atom stereocenters. The maximum Gasteiger partial charge on any atom is 0.0438 e. The predicted octanol–water partition coefficient (Wildman–Crippen LogP) is 4.71. The molecule has 1 unspecified atom stereocenters. The van der Waals surface area contributed by atoms with Gasteiger partial charge in [-0.3, -0.25) is 0 Å². The van der Waals surface area contributed by atoms with Crippen LogP contribution in [0.5, 0.6) is 0 Å². The van der Waals surface area contributed by atoms with E-state index in [2.05, 4.69) is 38.1 Å². The molecule has 0 aromatic heterocycles.